The summed E-state index contributed by atoms with van der Waals surface area (Å²) in [5.74, 6) is 0.304. The fourth-order valence-electron chi connectivity index (χ4n) is 3.61. The second kappa shape index (κ2) is 9.34. The van der Waals surface area contributed by atoms with E-state index in [9.17, 15) is 26.4 Å². The van der Waals surface area contributed by atoms with Crippen LogP contribution < -0.4 is 9.62 Å². The zero-order chi connectivity index (χ0) is 24.5. The molecule has 1 amide bonds. The first kappa shape index (κ1) is 24.2. The number of nitrogens with one attached hydrogen (secondary N) is 1. The predicted molar refractivity (Wildman–Crippen MR) is 127 cm³/mol. The average Bonchev–Trinajstić information content (AvgIpc) is 3.20. The van der Waals surface area contributed by atoms with Gasteiger partial charge >= 0.3 is 6.18 Å². The summed E-state index contributed by atoms with van der Waals surface area (Å²) in [7, 11) is -4.22. The Hall–Kier alpha value is -2.98. The van der Waals surface area contributed by atoms with E-state index in [1.165, 1.54) is 23.9 Å². The lowest BCUT2D eigenvalue weighted by molar-refractivity contribution is -0.137. The van der Waals surface area contributed by atoms with Crippen LogP contribution in [0.5, 0.6) is 0 Å². The number of aryl methyl sites for hydroxylation is 1. The number of anilines is 2. The van der Waals surface area contributed by atoms with Crippen molar-refractivity contribution in [3.8, 4) is 0 Å². The molecule has 178 valence electrons. The van der Waals surface area contributed by atoms with Gasteiger partial charge in [0, 0.05) is 11.4 Å². The maximum atomic E-state index is 12.9. The Bertz CT molecular complexity index is 1290. The summed E-state index contributed by atoms with van der Waals surface area (Å²) in [5, 5.41) is -0.269. The first-order valence-electron chi connectivity index (χ1n) is 10.4. The summed E-state index contributed by atoms with van der Waals surface area (Å²) >= 11 is 1.47. The summed E-state index contributed by atoms with van der Waals surface area (Å²) in [6, 6.07) is 17.8. The van der Waals surface area contributed by atoms with E-state index in [1.807, 2.05) is 24.3 Å². The lowest BCUT2D eigenvalue weighted by Gasteiger charge is -2.24. The molecular formula is C24H21F3N2O3S2. The Morgan fingerprint density at radius 3 is 2.32 bits per heavy atom. The molecule has 1 unspecified atom stereocenters. The van der Waals surface area contributed by atoms with Gasteiger partial charge < -0.3 is 0 Å². The van der Waals surface area contributed by atoms with E-state index in [4.69, 9.17) is 0 Å². The quantitative estimate of drug-likeness (QED) is 0.456. The van der Waals surface area contributed by atoms with Gasteiger partial charge in [-0.3, -0.25) is 14.4 Å². The highest BCUT2D eigenvalue weighted by atomic mass is 32.2. The van der Waals surface area contributed by atoms with Gasteiger partial charge in [0.05, 0.1) is 16.2 Å². The number of benzene rings is 3. The van der Waals surface area contributed by atoms with E-state index >= 15 is 0 Å². The van der Waals surface area contributed by atoms with Crippen molar-refractivity contribution < 1.29 is 26.4 Å². The summed E-state index contributed by atoms with van der Waals surface area (Å²) in [4.78, 5) is 13.8. The molecular weight excluding hydrogens is 485 g/mol. The minimum atomic E-state index is -4.65. The first-order chi connectivity index (χ1) is 16.1. The number of carbonyl (C=O) groups is 1. The van der Waals surface area contributed by atoms with Crippen molar-refractivity contribution in [3.63, 3.8) is 0 Å². The van der Waals surface area contributed by atoms with Crippen molar-refractivity contribution in [1.29, 1.82) is 0 Å². The highest BCUT2D eigenvalue weighted by molar-refractivity contribution is 8.00. The molecule has 1 heterocycles. The molecule has 0 aromatic heterocycles. The number of amides is 1. The Labute approximate surface area is 200 Å². The van der Waals surface area contributed by atoms with Crippen molar-refractivity contribution in [2.75, 3.05) is 15.4 Å². The molecule has 4 rings (SSSR count). The normalized spacial score (nSPS) is 16.6. The molecule has 1 N–H and O–H groups in total. The number of alkyl halides is 3. The summed E-state index contributed by atoms with van der Waals surface area (Å²) in [6.07, 6.45) is -3.75. The second-order valence-corrected chi connectivity index (χ2v) is 10.5. The largest absolute Gasteiger partial charge is 0.416 e. The molecule has 34 heavy (non-hydrogen) atoms. The van der Waals surface area contributed by atoms with Crippen LogP contribution >= 0.6 is 11.8 Å². The Balaban J connectivity index is 1.54. The fourth-order valence-corrected chi connectivity index (χ4v) is 5.89. The van der Waals surface area contributed by atoms with Crippen molar-refractivity contribution in [1.82, 2.24) is 0 Å². The zero-order valence-electron chi connectivity index (χ0n) is 18.0. The molecule has 0 radical (unpaired) electrons. The van der Waals surface area contributed by atoms with Crippen LogP contribution in [-0.4, -0.2) is 20.1 Å². The molecule has 1 aliphatic rings. The molecule has 3 aromatic carbocycles. The fraction of sp³-hybridized carbons (Fsp3) is 0.208. The highest BCUT2D eigenvalue weighted by Gasteiger charge is 2.34. The predicted octanol–water partition coefficient (Wildman–Crippen LogP) is 5.85. The lowest BCUT2D eigenvalue weighted by Crippen LogP contribution is -2.27. The topological polar surface area (TPSA) is 66.5 Å². The van der Waals surface area contributed by atoms with Crippen LogP contribution in [0.2, 0.25) is 0 Å². The molecule has 0 saturated carbocycles. The standard InChI is InChI=1S/C24H21F3N2O3S2/c1-2-16-6-12-20(13-7-16)29-22(30)15-33-23(29)17-8-10-19(11-9-17)28-34(31,32)21-5-3-4-18(14-21)24(25,26)27/h3-14,23,28H,2,15H2,1H3. The third kappa shape index (κ3) is 5.07. The Kier molecular flexibility index (Phi) is 6.64. The number of hydrogen-bond acceptors (Lipinski definition) is 4. The van der Waals surface area contributed by atoms with E-state index in [0.29, 0.717) is 11.8 Å². The Morgan fingerprint density at radius 1 is 1.03 bits per heavy atom. The van der Waals surface area contributed by atoms with E-state index in [-0.39, 0.29) is 17.0 Å². The average molecular weight is 507 g/mol. The molecule has 1 atom stereocenters. The van der Waals surface area contributed by atoms with Gasteiger partial charge in [0.15, 0.2) is 0 Å². The van der Waals surface area contributed by atoms with Crippen molar-refractivity contribution in [2.24, 2.45) is 0 Å². The molecule has 10 heteroatoms. The molecule has 1 saturated heterocycles. The molecule has 3 aromatic rings. The lowest BCUT2D eigenvalue weighted by atomic mass is 10.1. The van der Waals surface area contributed by atoms with Crippen LogP contribution in [0.4, 0.5) is 24.5 Å². The SMILES string of the molecule is CCc1ccc(N2C(=O)CSC2c2ccc(NS(=O)(=O)c3cccc(C(F)(F)F)c3)cc2)cc1. The number of carbonyl (C=O) groups excluding carboxylic acids is 1. The van der Waals surface area contributed by atoms with Crippen molar-refractivity contribution >= 4 is 39.1 Å². The number of sulfonamides is 1. The van der Waals surface area contributed by atoms with Gasteiger partial charge in [-0.1, -0.05) is 37.3 Å². The second-order valence-electron chi connectivity index (χ2n) is 7.70. The van der Waals surface area contributed by atoms with E-state index in [2.05, 4.69) is 11.6 Å². The van der Waals surface area contributed by atoms with E-state index in [0.717, 1.165) is 41.4 Å². The van der Waals surface area contributed by atoms with Crippen LogP contribution in [-0.2, 0) is 27.4 Å². The number of hydrogen-bond donors (Lipinski definition) is 1. The first-order valence-corrected chi connectivity index (χ1v) is 12.9. The van der Waals surface area contributed by atoms with Gasteiger partial charge in [0.25, 0.3) is 10.0 Å². The van der Waals surface area contributed by atoms with Gasteiger partial charge in [0.1, 0.15) is 5.37 Å². The number of nitrogens with zero attached hydrogens (tertiary/aromatic N) is 1. The zero-order valence-corrected chi connectivity index (χ0v) is 19.7. The van der Waals surface area contributed by atoms with Crippen LogP contribution in [0.1, 0.15) is 29.0 Å². The van der Waals surface area contributed by atoms with Crippen molar-refractivity contribution in [2.45, 2.75) is 29.8 Å². The molecule has 0 bridgehead atoms. The summed E-state index contributed by atoms with van der Waals surface area (Å²) in [6.45, 7) is 2.05. The van der Waals surface area contributed by atoms with Crippen LogP contribution in [0.25, 0.3) is 0 Å². The monoisotopic (exact) mass is 506 g/mol. The third-order valence-corrected chi connectivity index (χ3v) is 8.00. The maximum Gasteiger partial charge on any atom is 0.416 e. The minimum absolute atomic E-state index is 0.0198. The number of halogens is 3. The smallest absolute Gasteiger partial charge is 0.295 e. The molecule has 5 nitrogen and oxygen atoms in total. The molecule has 0 spiro atoms. The summed E-state index contributed by atoms with van der Waals surface area (Å²) < 4.78 is 66.4. The van der Waals surface area contributed by atoms with Gasteiger partial charge in [-0.2, -0.15) is 13.2 Å². The van der Waals surface area contributed by atoms with Gasteiger partial charge in [-0.25, -0.2) is 8.42 Å². The highest BCUT2D eigenvalue weighted by Crippen LogP contribution is 2.42. The summed E-state index contributed by atoms with van der Waals surface area (Å²) in [5.41, 5.74) is 1.91. The van der Waals surface area contributed by atoms with Gasteiger partial charge in [-0.05, 0) is 60.0 Å². The third-order valence-electron chi connectivity index (χ3n) is 5.41. The van der Waals surface area contributed by atoms with Gasteiger partial charge in [-0.15, -0.1) is 11.8 Å². The van der Waals surface area contributed by atoms with E-state index < -0.39 is 26.7 Å². The maximum absolute atomic E-state index is 12.9. The molecule has 1 aliphatic heterocycles. The van der Waals surface area contributed by atoms with Crippen LogP contribution in [0.3, 0.4) is 0 Å². The van der Waals surface area contributed by atoms with Gasteiger partial charge in [0.2, 0.25) is 5.91 Å². The number of thioether (sulfide) groups is 1. The number of rotatable bonds is 6. The molecule has 1 fully saturated rings. The van der Waals surface area contributed by atoms with Crippen LogP contribution in [0, 0.1) is 0 Å². The van der Waals surface area contributed by atoms with Crippen molar-refractivity contribution in [3.05, 3.63) is 89.5 Å². The van der Waals surface area contributed by atoms with Crippen LogP contribution in [0.15, 0.2) is 77.7 Å². The molecule has 0 aliphatic carbocycles. The Morgan fingerprint density at radius 2 is 1.71 bits per heavy atom. The minimum Gasteiger partial charge on any atom is -0.295 e. The van der Waals surface area contributed by atoms with E-state index in [1.54, 1.807) is 17.0 Å².